The fourth-order valence-electron chi connectivity index (χ4n) is 5.32. The molecule has 3 aromatic heterocycles. The van der Waals surface area contributed by atoms with E-state index in [1.807, 2.05) is 4.90 Å². The Morgan fingerprint density at radius 2 is 1.95 bits per heavy atom. The van der Waals surface area contributed by atoms with E-state index in [-0.39, 0.29) is 17.7 Å². The number of anilines is 1. The Kier molecular flexibility index (Phi) is 6.72. The van der Waals surface area contributed by atoms with Crippen molar-refractivity contribution in [3.05, 3.63) is 72.2 Å². The van der Waals surface area contributed by atoms with E-state index in [0.29, 0.717) is 57.9 Å². The summed E-state index contributed by atoms with van der Waals surface area (Å²) in [4.78, 5) is 27.3. The molecule has 1 saturated heterocycles. The number of aromatic amines is 1. The van der Waals surface area contributed by atoms with Crippen LogP contribution in [0.15, 0.2) is 55.0 Å². The number of fused-ring (bicyclic) bond motifs is 1. The molecule has 5 aromatic rings. The molecule has 0 aliphatic carbocycles. The number of nitrogens with two attached hydrogens (primary N) is 1. The lowest BCUT2D eigenvalue weighted by Gasteiger charge is -2.38. The summed E-state index contributed by atoms with van der Waals surface area (Å²) < 4.78 is 35.5. The second-order valence-corrected chi connectivity index (χ2v) is 10.0. The highest BCUT2D eigenvalue weighted by molar-refractivity contribution is 6.04. The molecule has 6 rings (SSSR count). The third-order valence-electron chi connectivity index (χ3n) is 7.31. The van der Waals surface area contributed by atoms with Crippen LogP contribution < -0.4 is 10.6 Å². The zero-order valence-corrected chi connectivity index (χ0v) is 22.3. The predicted molar refractivity (Wildman–Crippen MR) is 149 cm³/mol. The van der Waals surface area contributed by atoms with Crippen LogP contribution in [-0.2, 0) is 11.8 Å². The van der Waals surface area contributed by atoms with Crippen LogP contribution in [0.4, 0.5) is 14.5 Å². The number of halogens is 2. The number of β-amino-alcohol motifs (C(OH)–C–C–N with tert-alkyl or cyclic N) is 1. The quantitative estimate of drug-likeness (QED) is 0.278. The first kappa shape index (κ1) is 26.5. The van der Waals surface area contributed by atoms with E-state index in [4.69, 9.17) is 20.4 Å². The van der Waals surface area contributed by atoms with Crippen molar-refractivity contribution in [2.75, 3.05) is 25.1 Å². The molecule has 210 valence electrons. The van der Waals surface area contributed by atoms with Crippen molar-refractivity contribution in [3.63, 3.8) is 0 Å². The topological polar surface area (TPSA) is 135 Å². The largest absolute Gasteiger partial charge is 0.465 e. The number of aromatic nitrogens is 5. The summed E-state index contributed by atoms with van der Waals surface area (Å²) in [6.07, 6.45) is 4.64. The van der Waals surface area contributed by atoms with Crippen LogP contribution >= 0.6 is 0 Å². The van der Waals surface area contributed by atoms with Gasteiger partial charge in [-0.15, -0.1) is 0 Å². The van der Waals surface area contributed by atoms with Gasteiger partial charge < -0.3 is 25.5 Å². The number of hydrogen-bond donors (Lipinski definition) is 3. The van der Waals surface area contributed by atoms with Gasteiger partial charge in [-0.3, -0.25) is 9.67 Å². The van der Waals surface area contributed by atoms with Crippen molar-refractivity contribution >= 4 is 22.7 Å². The minimum absolute atomic E-state index is 0.170. The summed E-state index contributed by atoms with van der Waals surface area (Å²) in [5, 5.41) is 15.1. The van der Waals surface area contributed by atoms with E-state index in [0.717, 1.165) is 6.07 Å². The highest BCUT2D eigenvalue weighted by atomic mass is 19.1. The molecule has 12 heteroatoms. The first-order chi connectivity index (χ1) is 19.7. The monoisotopic (exact) mass is 559 g/mol. The van der Waals surface area contributed by atoms with Crippen LogP contribution in [0.5, 0.6) is 0 Å². The van der Waals surface area contributed by atoms with Gasteiger partial charge in [0.1, 0.15) is 23.0 Å². The fourth-order valence-corrected chi connectivity index (χ4v) is 5.32. The van der Waals surface area contributed by atoms with Crippen LogP contribution in [0.25, 0.3) is 44.8 Å². The number of rotatable bonds is 5. The van der Waals surface area contributed by atoms with Crippen LogP contribution in [0.1, 0.15) is 16.8 Å². The number of H-pyrrole nitrogens is 1. The molecule has 0 bridgehead atoms. The molecule has 4 N–H and O–H groups in total. The van der Waals surface area contributed by atoms with Gasteiger partial charge in [-0.05, 0) is 36.2 Å². The lowest BCUT2D eigenvalue weighted by molar-refractivity contribution is 0.0602. The van der Waals surface area contributed by atoms with Gasteiger partial charge in [0, 0.05) is 55.8 Å². The van der Waals surface area contributed by atoms with Crippen molar-refractivity contribution in [1.29, 1.82) is 0 Å². The first-order valence-corrected chi connectivity index (χ1v) is 13.0. The lowest BCUT2D eigenvalue weighted by Crippen LogP contribution is -2.50. The van der Waals surface area contributed by atoms with E-state index in [9.17, 15) is 18.7 Å². The molecule has 10 nitrogen and oxygen atoms in total. The molecule has 1 aliphatic heterocycles. The van der Waals surface area contributed by atoms with Crippen molar-refractivity contribution in [2.24, 2.45) is 12.8 Å². The Balaban J connectivity index is 1.69. The molecular weight excluding hydrogens is 532 g/mol. The second-order valence-electron chi connectivity index (χ2n) is 10.0. The number of methoxy groups -OCH3 is 1. The van der Waals surface area contributed by atoms with Crippen LogP contribution in [0.3, 0.4) is 0 Å². The maximum absolute atomic E-state index is 14.5. The van der Waals surface area contributed by atoms with E-state index in [2.05, 4.69) is 10.1 Å². The molecule has 0 saturated carbocycles. The van der Waals surface area contributed by atoms with E-state index in [1.165, 1.54) is 19.2 Å². The Morgan fingerprint density at radius 1 is 1.17 bits per heavy atom. The Labute approximate surface area is 233 Å². The summed E-state index contributed by atoms with van der Waals surface area (Å²) in [6, 6.07) is 7.97. The van der Waals surface area contributed by atoms with Crippen molar-refractivity contribution in [1.82, 2.24) is 24.7 Å². The fraction of sp³-hybridized carbons (Fsp3) is 0.241. The number of aliphatic hydroxyl groups is 1. The van der Waals surface area contributed by atoms with Crippen molar-refractivity contribution in [2.45, 2.75) is 18.6 Å². The molecule has 41 heavy (non-hydrogen) atoms. The van der Waals surface area contributed by atoms with Crippen LogP contribution in [-0.4, -0.2) is 68.2 Å². The molecule has 2 aromatic carbocycles. The minimum atomic E-state index is -0.842. The smallest absolute Gasteiger partial charge is 0.340 e. The standard InChI is InChI=1S/C29H27F2N7O3/c1-37-13-16(11-34-37)25-24(28-35-22-5-3-4-19(26(22)36-28)29(40)41-2)27(38-7-6-21(32)23(39)14-38)20(12-33-25)15-8-17(30)10-18(31)9-15/h3-5,8-13,21,23,39H,6-7,14,32H2,1-2H3,(H,35,36)/t21-,23+/m1/s1. The van der Waals surface area contributed by atoms with Gasteiger partial charge in [-0.25, -0.2) is 18.6 Å². The third-order valence-corrected chi connectivity index (χ3v) is 7.31. The molecule has 0 unspecified atom stereocenters. The van der Waals surface area contributed by atoms with Crippen molar-refractivity contribution < 1.29 is 23.4 Å². The van der Waals surface area contributed by atoms with Gasteiger partial charge in [0.25, 0.3) is 0 Å². The molecule has 1 aliphatic rings. The number of hydrogen-bond acceptors (Lipinski definition) is 8. The minimum Gasteiger partial charge on any atom is -0.465 e. The summed E-state index contributed by atoms with van der Waals surface area (Å²) in [6.45, 7) is 0.628. The molecule has 1 fully saturated rings. The van der Waals surface area contributed by atoms with Gasteiger partial charge >= 0.3 is 5.97 Å². The zero-order chi connectivity index (χ0) is 28.8. The molecule has 2 atom stereocenters. The Morgan fingerprint density at radius 3 is 2.63 bits per heavy atom. The maximum atomic E-state index is 14.5. The molecule has 0 radical (unpaired) electrons. The van der Waals surface area contributed by atoms with Gasteiger partial charge in [-0.2, -0.15) is 5.10 Å². The zero-order valence-electron chi connectivity index (χ0n) is 22.3. The predicted octanol–water partition coefficient (Wildman–Crippen LogP) is 3.66. The first-order valence-electron chi connectivity index (χ1n) is 13.0. The number of piperidine rings is 1. The van der Waals surface area contributed by atoms with E-state index in [1.54, 1.807) is 48.5 Å². The molecule has 0 spiro atoms. The second kappa shape index (κ2) is 10.4. The average molecular weight is 560 g/mol. The Hall–Kier alpha value is -4.68. The highest BCUT2D eigenvalue weighted by Crippen LogP contribution is 2.45. The van der Waals surface area contributed by atoms with Gasteiger partial charge in [-0.1, -0.05) is 6.07 Å². The molecule has 4 heterocycles. The molecule has 0 amide bonds. The normalized spacial score (nSPS) is 17.3. The number of pyridine rings is 1. The number of imidazole rings is 1. The summed E-state index contributed by atoms with van der Waals surface area (Å²) in [5.41, 5.74) is 10.3. The number of ether oxygens (including phenoxy) is 1. The van der Waals surface area contributed by atoms with Gasteiger partial charge in [0.05, 0.1) is 47.4 Å². The number of aliphatic hydroxyl groups excluding tert-OH is 1. The third kappa shape index (κ3) is 4.81. The molecular formula is C29H27F2N7O3. The number of esters is 1. The summed E-state index contributed by atoms with van der Waals surface area (Å²) in [5.74, 6) is -1.66. The summed E-state index contributed by atoms with van der Waals surface area (Å²) in [7, 11) is 3.07. The number of benzene rings is 2. The number of carbonyl (C=O) groups excluding carboxylic acids is 1. The van der Waals surface area contributed by atoms with Gasteiger partial charge in [0.15, 0.2) is 0 Å². The van der Waals surface area contributed by atoms with E-state index >= 15 is 0 Å². The van der Waals surface area contributed by atoms with Crippen LogP contribution in [0.2, 0.25) is 0 Å². The van der Waals surface area contributed by atoms with Crippen LogP contribution in [0, 0.1) is 11.6 Å². The van der Waals surface area contributed by atoms with Gasteiger partial charge in [0.2, 0.25) is 0 Å². The number of para-hydroxylation sites is 1. The summed E-state index contributed by atoms with van der Waals surface area (Å²) >= 11 is 0. The average Bonchev–Trinajstić information content (AvgIpc) is 3.59. The SMILES string of the molecule is COC(=O)c1cccc2[nH]c(-c3c(-c4cnn(C)c4)ncc(-c4cc(F)cc(F)c4)c3N3CC[C@@H](N)[C@@H](O)C3)nc12. The Bertz CT molecular complexity index is 1760. The number of nitrogens with one attached hydrogen (secondary N) is 1. The van der Waals surface area contributed by atoms with E-state index < -0.39 is 29.7 Å². The number of aryl methyl sites for hydroxylation is 1. The maximum Gasteiger partial charge on any atom is 0.340 e. The number of nitrogens with zero attached hydrogens (tertiary/aromatic N) is 5. The lowest BCUT2D eigenvalue weighted by atomic mass is 9.94. The van der Waals surface area contributed by atoms with Crippen molar-refractivity contribution in [3.8, 4) is 33.8 Å². The highest BCUT2D eigenvalue weighted by Gasteiger charge is 2.32. The number of carbonyl (C=O) groups is 1.